The van der Waals surface area contributed by atoms with Crippen molar-refractivity contribution in [3.05, 3.63) is 53.6 Å². The summed E-state index contributed by atoms with van der Waals surface area (Å²) in [5, 5.41) is 10.3. The number of carbonyl (C=O) groups is 3. The van der Waals surface area contributed by atoms with Crippen molar-refractivity contribution in [2.75, 3.05) is 0 Å². The number of ketones is 1. The first-order chi connectivity index (χ1) is 10.9. The average Bonchev–Trinajstić information content (AvgIpc) is 2.50. The lowest BCUT2D eigenvalue weighted by Gasteiger charge is -2.13. The first kappa shape index (κ1) is 16.2. The lowest BCUT2D eigenvalue weighted by Crippen LogP contribution is -2.09. The molecular weight excluding hydrogens is 300 g/mol. The first-order valence-corrected chi connectivity index (χ1v) is 6.72. The maximum atomic E-state index is 12.4. The van der Waals surface area contributed by atoms with E-state index in [1.165, 1.54) is 12.1 Å². The third-order valence-electron chi connectivity index (χ3n) is 2.88. The van der Waals surface area contributed by atoms with Gasteiger partial charge in [0, 0.05) is 19.4 Å². The average molecular weight is 314 g/mol. The summed E-state index contributed by atoms with van der Waals surface area (Å²) in [6.07, 6.45) is 0. The summed E-state index contributed by atoms with van der Waals surface area (Å²) in [5.41, 5.74) is 0.292. The third kappa shape index (κ3) is 3.74. The molecular formula is C17H14O6. The normalized spacial score (nSPS) is 10.0. The summed E-state index contributed by atoms with van der Waals surface area (Å²) in [5.74, 6) is -2.90. The van der Waals surface area contributed by atoms with Gasteiger partial charge in [-0.1, -0.05) is 30.3 Å². The van der Waals surface area contributed by atoms with E-state index in [4.69, 9.17) is 9.47 Å². The van der Waals surface area contributed by atoms with Crippen LogP contribution in [0.1, 0.15) is 29.8 Å². The van der Waals surface area contributed by atoms with Crippen LogP contribution in [0.3, 0.4) is 0 Å². The summed E-state index contributed by atoms with van der Waals surface area (Å²) >= 11 is 0. The minimum Gasteiger partial charge on any atom is -0.504 e. The molecule has 2 aromatic carbocycles. The number of esters is 2. The van der Waals surface area contributed by atoms with Gasteiger partial charge in [0.2, 0.25) is 5.75 Å². The Morgan fingerprint density at radius 1 is 0.870 bits per heavy atom. The monoisotopic (exact) mass is 314 g/mol. The van der Waals surface area contributed by atoms with Gasteiger partial charge in [-0.05, 0) is 12.1 Å². The molecule has 0 spiro atoms. The zero-order chi connectivity index (χ0) is 17.0. The maximum Gasteiger partial charge on any atom is 0.308 e. The predicted molar refractivity (Wildman–Crippen MR) is 80.6 cm³/mol. The number of rotatable bonds is 4. The van der Waals surface area contributed by atoms with E-state index in [1.807, 2.05) is 0 Å². The predicted octanol–water partition coefficient (Wildman–Crippen LogP) is 2.47. The second-order valence-corrected chi connectivity index (χ2v) is 4.67. The molecule has 0 aromatic heterocycles. The van der Waals surface area contributed by atoms with E-state index in [2.05, 4.69) is 0 Å². The molecule has 6 nitrogen and oxygen atoms in total. The zero-order valence-corrected chi connectivity index (χ0v) is 12.5. The Bertz CT molecular complexity index is 764. The van der Waals surface area contributed by atoms with Crippen LogP contribution in [0.5, 0.6) is 17.2 Å². The lowest BCUT2D eigenvalue weighted by atomic mass is 10.0. The van der Waals surface area contributed by atoms with Gasteiger partial charge in [0.1, 0.15) is 0 Å². The van der Waals surface area contributed by atoms with Crippen molar-refractivity contribution in [3.8, 4) is 17.2 Å². The van der Waals surface area contributed by atoms with Crippen LogP contribution in [0.25, 0.3) is 0 Å². The van der Waals surface area contributed by atoms with Crippen molar-refractivity contribution < 1.29 is 29.0 Å². The minimum atomic E-state index is -0.724. The topological polar surface area (TPSA) is 89.9 Å². The Balaban J connectivity index is 2.52. The number of ether oxygens (including phenoxy) is 2. The Morgan fingerprint density at radius 3 is 2.04 bits per heavy atom. The van der Waals surface area contributed by atoms with Gasteiger partial charge in [0.15, 0.2) is 17.3 Å². The van der Waals surface area contributed by atoms with Gasteiger partial charge < -0.3 is 14.6 Å². The maximum absolute atomic E-state index is 12.4. The van der Waals surface area contributed by atoms with Crippen LogP contribution in [-0.4, -0.2) is 22.8 Å². The van der Waals surface area contributed by atoms with Gasteiger partial charge in [0.25, 0.3) is 0 Å². The number of phenolic OH excluding ortho intramolecular Hbond substituents is 1. The summed E-state index contributed by atoms with van der Waals surface area (Å²) in [4.78, 5) is 34.7. The van der Waals surface area contributed by atoms with Crippen LogP contribution in [0.4, 0.5) is 0 Å². The molecule has 0 radical (unpaired) electrons. The number of phenols is 1. The van der Waals surface area contributed by atoms with Crippen LogP contribution in [0.15, 0.2) is 42.5 Å². The molecule has 0 unspecified atom stereocenters. The Kier molecular flexibility index (Phi) is 4.75. The molecule has 0 saturated carbocycles. The highest BCUT2D eigenvalue weighted by molar-refractivity contribution is 6.11. The highest BCUT2D eigenvalue weighted by Gasteiger charge is 2.22. The number of carbonyl (C=O) groups excluding carboxylic acids is 3. The molecule has 0 aliphatic rings. The molecule has 118 valence electrons. The highest BCUT2D eigenvalue weighted by Crippen LogP contribution is 2.40. The molecule has 0 bridgehead atoms. The van der Waals surface area contributed by atoms with E-state index < -0.39 is 23.5 Å². The molecule has 0 atom stereocenters. The van der Waals surface area contributed by atoms with Crippen LogP contribution < -0.4 is 9.47 Å². The molecule has 0 fully saturated rings. The fourth-order valence-corrected chi connectivity index (χ4v) is 1.96. The van der Waals surface area contributed by atoms with Crippen LogP contribution in [-0.2, 0) is 9.59 Å². The largest absolute Gasteiger partial charge is 0.504 e. The van der Waals surface area contributed by atoms with E-state index >= 15 is 0 Å². The van der Waals surface area contributed by atoms with Crippen LogP contribution in [0.2, 0.25) is 0 Å². The number of hydrogen-bond donors (Lipinski definition) is 1. The quantitative estimate of drug-likeness (QED) is 0.530. The van der Waals surface area contributed by atoms with Crippen LogP contribution in [0, 0.1) is 0 Å². The summed E-state index contributed by atoms with van der Waals surface area (Å²) in [6.45, 7) is 2.29. The van der Waals surface area contributed by atoms with E-state index in [0.717, 1.165) is 13.8 Å². The Morgan fingerprint density at radius 2 is 1.48 bits per heavy atom. The third-order valence-corrected chi connectivity index (χ3v) is 2.88. The molecule has 0 heterocycles. The Labute approximate surface area is 132 Å². The van der Waals surface area contributed by atoms with Crippen molar-refractivity contribution in [2.45, 2.75) is 13.8 Å². The van der Waals surface area contributed by atoms with Gasteiger partial charge in [-0.15, -0.1) is 0 Å². The van der Waals surface area contributed by atoms with Gasteiger partial charge >= 0.3 is 11.9 Å². The van der Waals surface area contributed by atoms with Crippen molar-refractivity contribution >= 4 is 17.7 Å². The second kappa shape index (κ2) is 6.74. The summed E-state index contributed by atoms with van der Waals surface area (Å²) in [7, 11) is 0. The summed E-state index contributed by atoms with van der Waals surface area (Å²) < 4.78 is 9.77. The first-order valence-electron chi connectivity index (χ1n) is 6.72. The minimum absolute atomic E-state index is 0.0663. The molecule has 2 rings (SSSR count). The van der Waals surface area contributed by atoms with E-state index in [9.17, 15) is 19.5 Å². The fraction of sp³-hybridized carbons (Fsp3) is 0.118. The molecule has 0 aliphatic carbocycles. The second-order valence-electron chi connectivity index (χ2n) is 4.67. The van der Waals surface area contributed by atoms with Crippen molar-refractivity contribution in [1.82, 2.24) is 0 Å². The molecule has 0 aliphatic heterocycles. The molecule has 0 amide bonds. The van der Waals surface area contributed by atoms with Gasteiger partial charge in [-0.3, -0.25) is 14.4 Å². The SMILES string of the molecule is CC(=O)Oc1ccc(C(=O)c2ccccc2)c(O)c1OC(C)=O. The van der Waals surface area contributed by atoms with Crippen LogP contribution >= 0.6 is 0 Å². The zero-order valence-electron chi connectivity index (χ0n) is 12.5. The molecule has 0 saturated heterocycles. The van der Waals surface area contributed by atoms with Crippen molar-refractivity contribution in [3.63, 3.8) is 0 Å². The molecule has 23 heavy (non-hydrogen) atoms. The molecule has 6 heteroatoms. The lowest BCUT2D eigenvalue weighted by molar-refractivity contribution is -0.134. The van der Waals surface area contributed by atoms with Crippen molar-refractivity contribution in [1.29, 1.82) is 0 Å². The fourth-order valence-electron chi connectivity index (χ4n) is 1.96. The van der Waals surface area contributed by atoms with E-state index in [1.54, 1.807) is 30.3 Å². The Hall–Kier alpha value is -3.15. The standard InChI is InChI=1S/C17H14O6/c1-10(18)22-14-9-8-13(16(21)17(14)23-11(2)19)15(20)12-6-4-3-5-7-12/h3-9,21H,1-2H3. The van der Waals surface area contributed by atoms with Crippen molar-refractivity contribution in [2.24, 2.45) is 0 Å². The smallest absolute Gasteiger partial charge is 0.308 e. The number of aromatic hydroxyl groups is 1. The van der Waals surface area contributed by atoms with E-state index in [-0.39, 0.29) is 17.1 Å². The van der Waals surface area contributed by atoms with Gasteiger partial charge in [-0.25, -0.2) is 0 Å². The van der Waals surface area contributed by atoms with Gasteiger partial charge in [0.05, 0.1) is 5.56 Å². The number of hydrogen-bond acceptors (Lipinski definition) is 6. The van der Waals surface area contributed by atoms with E-state index in [0.29, 0.717) is 5.56 Å². The molecule has 1 N–H and O–H groups in total. The van der Waals surface area contributed by atoms with Gasteiger partial charge in [-0.2, -0.15) is 0 Å². The molecule has 2 aromatic rings. The number of benzene rings is 2. The summed E-state index contributed by atoms with van der Waals surface area (Å²) in [6, 6.07) is 10.9. The highest BCUT2D eigenvalue weighted by atomic mass is 16.6.